The van der Waals surface area contributed by atoms with E-state index in [9.17, 15) is 4.79 Å². The van der Waals surface area contributed by atoms with Crippen LogP contribution in [0.2, 0.25) is 0 Å². The van der Waals surface area contributed by atoms with Gasteiger partial charge in [0.1, 0.15) is 0 Å². The Kier molecular flexibility index (Phi) is 1.79. The van der Waals surface area contributed by atoms with E-state index in [0.717, 1.165) is 0 Å². The zero-order chi connectivity index (χ0) is 9.47. The van der Waals surface area contributed by atoms with Gasteiger partial charge in [-0.15, -0.1) is 0 Å². The molecule has 70 valence electrons. The molecule has 0 radical (unpaired) electrons. The van der Waals surface area contributed by atoms with Crippen LogP contribution in [-0.2, 0) is 9.53 Å². The molecule has 1 aliphatic heterocycles. The van der Waals surface area contributed by atoms with Crippen molar-refractivity contribution in [2.24, 2.45) is 17.3 Å². The largest absolute Gasteiger partial charge is 0.465 e. The van der Waals surface area contributed by atoms with E-state index in [0.29, 0.717) is 6.61 Å². The van der Waals surface area contributed by atoms with Gasteiger partial charge in [-0.1, -0.05) is 38.2 Å². The molecule has 1 fully saturated rings. The number of carbonyl (C=O) groups excluding carboxylic acids is 1. The second kappa shape index (κ2) is 2.72. The molecule has 0 aromatic carbocycles. The molecule has 0 amide bonds. The number of ether oxygens (including phenoxy) is 1. The number of esters is 1. The maximum absolute atomic E-state index is 11.3. The molecule has 0 unspecified atom stereocenters. The van der Waals surface area contributed by atoms with E-state index in [-0.39, 0.29) is 23.2 Å². The van der Waals surface area contributed by atoms with Crippen LogP contribution >= 0.6 is 0 Å². The van der Waals surface area contributed by atoms with Crippen LogP contribution in [0.1, 0.15) is 13.8 Å². The van der Waals surface area contributed by atoms with Gasteiger partial charge in [-0.2, -0.15) is 0 Å². The van der Waals surface area contributed by atoms with Crippen LogP contribution in [0.25, 0.3) is 0 Å². The second-order valence-electron chi connectivity index (χ2n) is 4.36. The van der Waals surface area contributed by atoms with Crippen LogP contribution in [0.4, 0.5) is 0 Å². The fourth-order valence-corrected chi connectivity index (χ4v) is 1.73. The topological polar surface area (TPSA) is 26.3 Å². The lowest BCUT2D eigenvalue weighted by Gasteiger charge is -2.12. The predicted octanol–water partition coefficient (Wildman–Crippen LogP) is 1.93. The minimum absolute atomic E-state index is 0.0435. The molecule has 0 aromatic heterocycles. The number of rotatable bonds is 0. The van der Waals surface area contributed by atoms with Crippen LogP contribution in [0.5, 0.6) is 0 Å². The van der Waals surface area contributed by atoms with Crippen molar-refractivity contribution in [3.63, 3.8) is 0 Å². The van der Waals surface area contributed by atoms with Crippen LogP contribution in [0.3, 0.4) is 0 Å². The molecule has 13 heavy (non-hydrogen) atoms. The highest BCUT2D eigenvalue weighted by Gasteiger charge is 2.35. The van der Waals surface area contributed by atoms with Gasteiger partial charge in [0.25, 0.3) is 0 Å². The Morgan fingerprint density at radius 2 is 2.08 bits per heavy atom. The minimum Gasteiger partial charge on any atom is -0.465 e. The van der Waals surface area contributed by atoms with Crippen LogP contribution < -0.4 is 0 Å². The Morgan fingerprint density at radius 1 is 1.38 bits per heavy atom. The highest BCUT2D eigenvalue weighted by Crippen LogP contribution is 2.32. The molecule has 0 N–H and O–H groups in total. The lowest BCUT2D eigenvalue weighted by atomic mass is 9.93. The third kappa shape index (κ3) is 1.53. The molecule has 1 saturated heterocycles. The average Bonchev–Trinajstić information content (AvgIpc) is 2.32. The maximum atomic E-state index is 11.3. The lowest BCUT2D eigenvalue weighted by molar-refractivity contribution is -0.140. The molecule has 0 saturated carbocycles. The van der Waals surface area contributed by atoms with E-state index in [1.54, 1.807) is 0 Å². The first kappa shape index (κ1) is 8.54. The molecule has 2 nitrogen and oxygen atoms in total. The molecule has 2 atom stereocenters. The Bertz CT molecular complexity index is 286. The predicted molar refractivity (Wildman–Crippen MR) is 50.0 cm³/mol. The number of fused-ring (bicyclic) bond motifs is 1. The van der Waals surface area contributed by atoms with E-state index in [1.807, 2.05) is 6.08 Å². The van der Waals surface area contributed by atoms with Crippen molar-refractivity contribution in [2.75, 3.05) is 6.61 Å². The van der Waals surface area contributed by atoms with Gasteiger partial charge >= 0.3 is 5.97 Å². The molecule has 2 rings (SSSR count). The van der Waals surface area contributed by atoms with Crippen LogP contribution in [0, 0.1) is 17.3 Å². The van der Waals surface area contributed by atoms with E-state index >= 15 is 0 Å². The zero-order valence-corrected chi connectivity index (χ0v) is 7.99. The monoisotopic (exact) mass is 178 g/mol. The van der Waals surface area contributed by atoms with Crippen molar-refractivity contribution in [3.8, 4) is 0 Å². The van der Waals surface area contributed by atoms with Gasteiger partial charge in [0.2, 0.25) is 0 Å². The Hall–Kier alpha value is -1.05. The van der Waals surface area contributed by atoms with Crippen molar-refractivity contribution >= 4 is 5.97 Å². The Balaban J connectivity index is 2.30. The molecular weight excluding hydrogens is 164 g/mol. The van der Waals surface area contributed by atoms with Gasteiger partial charge < -0.3 is 4.74 Å². The lowest BCUT2D eigenvalue weighted by Crippen LogP contribution is -2.10. The maximum Gasteiger partial charge on any atom is 0.313 e. The highest BCUT2D eigenvalue weighted by atomic mass is 16.5. The summed E-state index contributed by atoms with van der Waals surface area (Å²) in [6.45, 7) is 4.80. The van der Waals surface area contributed by atoms with Crippen LogP contribution in [-0.4, -0.2) is 12.6 Å². The van der Waals surface area contributed by atoms with Gasteiger partial charge in [-0.05, 0) is 0 Å². The van der Waals surface area contributed by atoms with Gasteiger partial charge in [0.05, 0.1) is 12.5 Å². The molecule has 0 aromatic rings. The Labute approximate surface area is 78.3 Å². The standard InChI is InChI=1S/C11H14O2/c1-11(2)5-3-8-7-13-10(12)9(8)4-6-11/h3-6,8-9H,7H2,1-2H3/t8-,9-/m0/s1. The third-order valence-electron chi connectivity index (χ3n) is 2.66. The summed E-state index contributed by atoms with van der Waals surface area (Å²) in [5.74, 6) is 0.132. The van der Waals surface area contributed by atoms with E-state index in [1.165, 1.54) is 0 Å². The van der Waals surface area contributed by atoms with E-state index in [4.69, 9.17) is 4.74 Å². The second-order valence-corrected chi connectivity index (χ2v) is 4.36. The number of hydrogen-bond donors (Lipinski definition) is 0. The number of allylic oxidation sites excluding steroid dienone is 2. The van der Waals surface area contributed by atoms with Gasteiger partial charge in [-0.3, -0.25) is 4.79 Å². The first-order chi connectivity index (χ1) is 6.08. The van der Waals surface area contributed by atoms with Crippen molar-refractivity contribution in [2.45, 2.75) is 13.8 Å². The van der Waals surface area contributed by atoms with Crippen molar-refractivity contribution in [3.05, 3.63) is 24.3 Å². The highest BCUT2D eigenvalue weighted by molar-refractivity contribution is 5.77. The summed E-state index contributed by atoms with van der Waals surface area (Å²) in [6.07, 6.45) is 8.33. The van der Waals surface area contributed by atoms with E-state index < -0.39 is 0 Å². The summed E-state index contributed by atoms with van der Waals surface area (Å²) < 4.78 is 4.98. The van der Waals surface area contributed by atoms with Crippen molar-refractivity contribution in [1.29, 1.82) is 0 Å². The number of carbonyl (C=O) groups is 1. The fraction of sp³-hybridized carbons (Fsp3) is 0.545. The average molecular weight is 178 g/mol. The first-order valence-electron chi connectivity index (χ1n) is 4.64. The molecule has 1 heterocycles. The summed E-state index contributed by atoms with van der Waals surface area (Å²) in [5.41, 5.74) is 0.0740. The van der Waals surface area contributed by atoms with Crippen molar-refractivity contribution in [1.82, 2.24) is 0 Å². The molecule has 2 aliphatic rings. The zero-order valence-electron chi connectivity index (χ0n) is 7.99. The molecule has 0 spiro atoms. The molecular formula is C11H14O2. The number of cyclic esters (lactones) is 1. The molecule has 1 aliphatic carbocycles. The summed E-state index contributed by atoms with van der Waals surface area (Å²) >= 11 is 0. The number of hydrogen-bond acceptors (Lipinski definition) is 2. The molecule has 0 bridgehead atoms. The molecule has 2 heteroatoms. The summed E-state index contributed by atoms with van der Waals surface area (Å²) in [7, 11) is 0. The van der Waals surface area contributed by atoms with Crippen molar-refractivity contribution < 1.29 is 9.53 Å². The third-order valence-corrected chi connectivity index (χ3v) is 2.66. The van der Waals surface area contributed by atoms with Gasteiger partial charge in [-0.25, -0.2) is 0 Å². The smallest absolute Gasteiger partial charge is 0.313 e. The SMILES string of the molecule is CC1(C)C=C[C@@H]2C(=O)OC[C@@H]2C=C1. The summed E-state index contributed by atoms with van der Waals surface area (Å²) in [5, 5.41) is 0. The van der Waals surface area contributed by atoms with E-state index in [2.05, 4.69) is 32.1 Å². The summed E-state index contributed by atoms with van der Waals surface area (Å²) in [6, 6.07) is 0. The normalized spacial score (nSPS) is 35.4. The first-order valence-corrected chi connectivity index (χ1v) is 4.64. The van der Waals surface area contributed by atoms with Gasteiger partial charge in [0, 0.05) is 11.3 Å². The van der Waals surface area contributed by atoms with Gasteiger partial charge in [0.15, 0.2) is 0 Å². The minimum atomic E-state index is -0.0800. The summed E-state index contributed by atoms with van der Waals surface area (Å²) in [4.78, 5) is 11.3. The fourth-order valence-electron chi connectivity index (χ4n) is 1.73. The quantitative estimate of drug-likeness (QED) is 0.418. The van der Waals surface area contributed by atoms with Crippen LogP contribution in [0.15, 0.2) is 24.3 Å². The Morgan fingerprint density at radius 3 is 2.85 bits per heavy atom.